The van der Waals surface area contributed by atoms with Crippen LogP contribution in [0, 0.1) is 11.6 Å². The molecule has 0 aliphatic carbocycles. The van der Waals surface area contributed by atoms with Crippen molar-refractivity contribution in [3.05, 3.63) is 47.0 Å². The van der Waals surface area contributed by atoms with Gasteiger partial charge in [-0.05, 0) is 38.1 Å². The molecule has 1 fully saturated rings. The molecule has 9 heteroatoms. The molecule has 2 aromatic rings. The molecule has 0 bridgehead atoms. The molecule has 150 valence electrons. The Labute approximate surface area is 162 Å². The van der Waals surface area contributed by atoms with Crippen molar-refractivity contribution in [1.29, 1.82) is 0 Å². The smallest absolute Gasteiger partial charge is 0.317 e. The first-order chi connectivity index (χ1) is 13.5. The standard InChI is InChI=1S/C19H24F2N6O/c1-25-7-3-5-14(25)11-22-19(28)26-8-9-27-16(23-24-17(27)12-26)10-13-4-2-6-15(20)18(13)21/h2,4,6,14H,3,5,7-12H2,1H3,(H,22,28). The molecule has 0 spiro atoms. The first-order valence-corrected chi connectivity index (χ1v) is 9.60. The summed E-state index contributed by atoms with van der Waals surface area (Å²) in [4.78, 5) is 16.5. The summed E-state index contributed by atoms with van der Waals surface area (Å²) in [5.41, 5.74) is 0.246. The summed E-state index contributed by atoms with van der Waals surface area (Å²) in [6, 6.07) is 4.41. The van der Waals surface area contributed by atoms with Crippen LogP contribution in [-0.4, -0.2) is 63.3 Å². The lowest BCUT2D eigenvalue weighted by Crippen LogP contribution is -2.47. The first-order valence-electron chi connectivity index (χ1n) is 9.60. The minimum absolute atomic E-state index is 0.104. The van der Waals surface area contributed by atoms with Crippen LogP contribution < -0.4 is 5.32 Å². The van der Waals surface area contributed by atoms with Gasteiger partial charge in [0, 0.05) is 32.1 Å². The lowest BCUT2D eigenvalue weighted by molar-refractivity contribution is 0.178. The van der Waals surface area contributed by atoms with E-state index in [0.717, 1.165) is 19.0 Å². The number of carbonyl (C=O) groups is 1. The molecule has 1 saturated heterocycles. The minimum Gasteiger partial charge on any atom is -0.336 e. The number of urea groups is 1. The molecule has 2 amide bonds. The number of hydrogen-bond acceptors (Lipinski definition) is 4. The normalized spacial score (nSPS) is 19.7. The van der Waals surface area contributed by atoms with Gasteiger partial charge in [-0.3, -0.25) is 0 Å². The maximum absolute atomic E-state index is 13.9. The Hall–Kier alpha value is -2.55. The second-order valence-electron chi connectivity index (χ2n) is 7.46. The zero-order valence-electron chi connectivity index (χ0n) is 15.9. The second-order valence-corrected chi connectivity index (χ2v) is 7.46. The number of carbonyl (C=O) groups excluding carboxylic acids is 1. The van der Waals surface area contributed by atoms with Gasteiger partial charge >= 0.3 is 6.03 Å². The summed E-state index contributed by atoms with van der Waals surface area (Å²) in [6.07, 6.45) is 2.43. The fourth-order valence-corrected chi connectivity index (χ4v) is 3.93. The average Bonchev–Trinajstić information content (AvgIpc) is 3.29. The highest BCUT2D eigenvalue weighted by atomic mass is 19.2. The Kier molecular flexibility index (Phi) is 5.25. The van der Waals surface area contributed by atoms with Crippen molar-refractivity contribution in [2.75, 3.05) is 26.7 Å². The van der Waals surface area contributed by atoms with Gasteiger partial charge in [-0.25, -0.2) is 13.6 Å². The molecule has 2 aliphatic rings. The van der Waals surface area contributed by atoms with Gasteiger partial charge in [0.05, 0.1) is 6.54 Å². The maximum atomic E-state index is 13.9. The van der Waals surface area contributed by atoms with Crippen LogP contribution in [0.2, 0.25) is 0 Å². The van der Waals surface area contributed by atoms with Gasteiger partial charge < -0.3 is 19.7 Å². The molecule has 4 rings (SSSR count). The van der Waals surface area contributed by atoms with Gasteiger partial charge in [-0.2, -0.15) is 0 Å². The van der Waals surface area contributed by atoms with E-state index in [4.69, 9.17) is 0 Å². The minimum atomic E-state index is -0.869. The van der Waals surface area contributed by atoms with E-state index in [1.165, 1.54) is 12.5 Å². The van der Waals surface area contributed by atoms with Crippen LogP contribution in [0.15, 0.2) is 18.2 Å². The van der Waals surface area contributed by atoms with Gasteiger partial charge in [0.1, 0.15) is 5.82 Å². The van der Waals surface area contributed by atoms with Crippen molar-refractivity contribution in [2.45, 2.75) is 38.4 Å². The fraction of sp³-hybridized carbons (Fsp3) is 0.526. The number of likely N-dealkylation sites (tertiary alicyclic amines) is 1. The van der Waals surface area contributed by atoms with E-state index in [1.807, 2.05) is 4.57 Å². The van der Waals surface area contributed by atoms with E-state index in [-0.39, 0.29) is 18.0 Å². The molecule has 1 aromatic heterocycles. The van der Waals surface area contributed by atoms with Crippen LogP contribution in [-0.2, 0) is 19.5 Å². The summed E-state index contributed by atoms with van der Waals surface area (Å²) < 4.78 is 29.2. The van der Waals surface area contributed by atoms with Crippen molar-refractivity contribution < 1.29 is 13.6 Å². The molecule has 2 aliphatic heterocycles. The number of benzene rings is 1. The van der Waals surface area contributed by atoms with Crippen molar-refractivity contribution in [3.63, 3.8) is 0 Å². The number of hydrogen-bond donors (Lipinski definition) is 1. The van der Waals surface area contributed by atoms with Gasteiger partial charge in [-0.15, -0.1) is 10.2 Å². The summed E-state index contributed by atoms with van der Waals surface area (Å²) in [5.74, 6) is -0.487. The van der Waals surface area contributed by atoms with Crippen molar-refractivity contribution in [2.24, 2.45) is 0 Å². The molecule has 1 N–H and O–H groups in total. The third-order valence-corrected chi connectivity index (χ3v) is 5.66. The molecule has 1 unspecified atom stereocenters. The number of aromatic nitrogens is 3. The van der Waals surface area contributed by atoms with Crippen molar-refractivity contribution >= 4 is 6.03 Å². The van der Waals surface area contributed by atoms with Crippen LogP contribution >= 0.6 is 0 Å². The largest absolute Gasteiger partial charge is 0.336 e. The molecule has 0 saturated carbocycles. The Balaban J connectivity index is 1.38. The molecule has 1 atom stereocenters. The summed E-state index contributed by atoms with van der Waals surface area (Å²) in [5, 5.41) is 11.3. The molecule has 0 radical (unpaired) electrons. The first kappa shape index (κ1) is 18.8. The molecule has 3 heterocycles. The van der Waals surface area contributed by atoms with Gasteiger partial charge in [0.25, 0.3) is 0 Å². The van der Waals surface area contributed by atoms with Crippen LogP contribution in [0.3, 0.4) is 0 Å². The maximum Gasteiger partial charge on any atom is 0.317 e. The lowest BCUT2D eigenvalue weighted by Gasteiger charge is -2.29. The predicted octanol–water partition coefficient (Wildman–Crippen LogP) is 1.77. The van der Waals surface area contributed by atoms with Crippen LogP contribution in [0.5, 0.6) is 0 Å². The van der Waals surface area contributed by atoms with Crippen LogP contribution in [0.4, 0.5) is 13.6 Å². The Bertz CT molecular complexity index is 870. The van der Waals surface area contributed by atoms with E-state index in [0.29, 0.717) is 43.9 Å². The number of nitrogens with one attached hydrogen (secondary N) is 1. The van der Waals surface area contributed by atoms with Crippen molar-refractivity contribution in [3.8, 4) is 0 Å². The van der Waals surface area contributed by atoms with E-state index >= 15 is 0 Å². The zero-order valence-corrected chi connectivity index (χ0v) is 15.9. The highest BCUT2D eigenvalue weighted by molar-refractivity contribution is 5.74. The Morgan fingerprint density at radius 3 is 2.89 bits per heavy atom. The molecular weight excluding hydrogens is 366 g/mol. The van der Waals surface area contributed by atoms with E-state index < -0.39 is 11.6 Å². The number of nitrogens with zero attached hydrogens (tertiary/aromatic N) is 5. The summed E-state index contributed by atoms with van der Waals surface area (Å²) in [6.45, 7) is 3.12. The van der Waals surface area contributed by atoms with Crippen LogP contribution in [0.1, 0.15) is 30.1 Å². The quantitative estimate of drug-likeness (QED) is 0.864. The van der Waals surface area contributed by atoms with E-state index in [9.17, 15) is 13.6 Å². The zero-order chi connectivity index (χ0) is 19.7. The number of amides is 2. The number of likely N-dealkylation sites (N-methyl/N-ethyl adjacent to an activating group) is 1. The average molecular weight is 390 g/mol. The van der Waals surface area contributed by atoms with Crippen molar-refractivity contribution in [1.82, 2.24) is 29.9 Å². The van der Waals surface area contributed by atoms with Gasteiger partial charge in [-0.1, -0.05) is 12.1 Å². The topological polar surface area (TPSA) is 66.3 Å². The highest BCUT2D eigenvalue weighted by Gasteiger charge is 2.27. The number of fused-ring (bicyclic) bond motifs is 1. The third kappa shape index (κ3) is 3.71. The predicted molar refractivity (Wildman–Crippen MR) is 98.6 cm³/mol. The van der Waals surface area contributed by atoms with Gasteiger partial charge in [0.15, 0.2) is 17.5 Å². The molecule has 28 heavy (non-hydrogen) atoms. The summed E-state index contributed by atoms with van der Waals surface area (Å²) in [7, 11) is 2.08. The molecule has 7 nitrogen and oxygen atoms in total. The second kappa shape index (κ2) is 7.83. The highest BCUT2D eigenvalue weighted by Crippen LogP contribution is 2.19. The van der Waals surface area contributed by atoms with Gasteiger partial charge in [0.2, 0.25) is 0 Å². The SMILES string of the molecule is CN1CCCC1CNC(=O)N1CCn2c(Cc3cccc(F)c3F)nnc2C1. The Morgan fingerprint density at radius 1 is 1.25 bits per heavy atom. The molecular formula is C19H24F2N6O. The lowest BCUT2D eigenvalue weighted by atomic mass is 10.1. The number of rotatable bonds is 4. The number of halogens is 2. The third-order valence-electron chi connectivity index (χ3n) is 5.66. The monoisotopic (exact) mass is 390 g/mol. The van der Waals surface area contributed by atoms with E-state index in [1.54, 1.807) is 11.0 Å². The Morgan fingerprint density at radius 2 is 2.11 bits per heavy atom. The fourth-order valence-electron chi connectivity index (χ4n) is 3.93. The van der Waals surface area contributed by atoms with Crippen LogP contribution in [0.25, 0.3) is 0 Å². The molecule has 1 aromatic carbocycles. The summed E-state index contributed by atoms with van der Waals surface area (Å²) >= 11 is 0. The van der Waals surface area contributed by atoms with E-state index in [2.05, 4.69) is 27.5 Å².